The first-order chi connectivity index (χ1) is 11.7. The maximum absolute atomic E-state index is 11.9. The number of hydrogen-bond acceptors (Lipinski definition) is 4. The predicted molar refractivity (Wildman–Crippen MR) is 104 cm³/mol. The molecule has 6 nitrogen and oxygen atoms in total. The van der Waals surface area contributed by atoms with Gasteiger partial charge in [0.05, 0.1) is 0 Å². The highest BCUT2D eigenvalue weighted by Gasteiger charge is 2.04. The Morgan fingerprint density at radius 3 is 2.79 bits per heavy atom. The van der Waals surface area contributed by atoms with Gasteiger partial charge in [0.2, 0.25) is 5.91 Å². The molecule has 1 heterocycles. The highest BCUT2D eigenvalue weighted by Crippen LogP contribution is 2.04. The molecule has 0 aliphatic rings. The monoisotopic (exact) mass is 351 g/mol. The minimum atomic E-state index is -0.0605. The molecular formula is C17H29N5OS. The predicted octanol–water partition coefficient (Wildman–Crippen LogP) is 2.42. The van der Waals surface area contributed by atoms with E-state index in [0.29, 0.717) is 18.8 Å². The van der Waals surface area contributed by atoms with E-state index in [1.54, 1.807) is 12.3 Å². The van der Waals surface area contributed by atoms with Gasteiger partial charge in [0.15, 0.2) is 5.96 Å². The molecule has 134 valence electrons. The molecule has 1 aromatic heterocycles. The molecule has 0 aliphatic carbocycles. The molecule has 1 rings (SSSR count). The van der Waals surface area contributed by atoms with Crippen LogP contribution in [0, 0.1) is 6.92 Å². The minimum absolute atomic E-state index is 0.0605. The van der Waals surface area contributed by atoms with Crippen LogP contribution >= 0.6 is 11.8 Å². The molecule has 1 amide bonds. The molecule has 0 bridgehead atoms. The fourth-order valence-corrected chi connectivity index (χ4v) is 2.43. The SMILES string of the molecule is CCNC(=NCCCCSC)NCCC(=O)Nc1ccc(C)cn1. The van der Waals surface area contributed by atoms with Gasteiger partial charge < -0.3 is 16.0 Å². The van der Waals surface area contributed by atoms with Crippen molar-refractivity contribution in [2.45, 2.75) is 33.1 Å². The number of unbranched alkanes of at least 4 members (excludes halogenated alkanes) is 1. The number of rotatable bonds is 10. The topological polar surface area (TPSA) is 78.4 Å². The lowest BCUT2D eigenvalue weighted by molar-refractivity contribution is -0.116. The second kappa shape index (κ2) is 12.6. The molecule has 0 saturated carbocycles. The number of guanidine groups is 1. The average molecular weight is 352 g/mol. The van der Waals surface area contributed by atoms with Gasteiger partial charge in [-0.25, -0.2) is 4.98 Å². The van der Waals surface area contributed by atoms with Crippen molar-refractivity contribution in [2.24, 2.45) is 4.99 Å². The first kappa shape index (κ1) is 20.3. The zero-order valence-electron chi connectivity index (χ0n) is 14.9. The Hall–Kier alpha value is -1.76. The van der Waals surface area contributed by atoms with Gasteiger partial charge in [-0.15, -0.1) is 0 Å². The third kappa shape index (κ3) is 9.39. The van der Waals surface area contributed by atoms with E-state index in [2.05, 4.69) is 32.2 Å². The maximum atomic E-state index is 11.9. The molecule has 0 aromatic carbocycles. The number of pyridine rings is 1. The zero-order valence-corrected chi connectivity index (χ0v) is 15.7. The highest BCUT2D eigenvalue weighted by atomic mass is 32.2. The number of anilines is 1. The van der Waals surface area contributed by atoms with Crippen LogP contribution in [0.3, 0.4) is 0 Å². The molecule has 0 aliphatic heterocycles. The highest BCUT2D eigenvalue weighted by molar-refractivity contribution is 7.98. The molecular weight excluding hydrogens is 322 g/mol. The second-order valence-corrected chi connectivity index (χ2v) is 6.39. The van der Waals surface area contributed by atoms with Gasteiger partial charge in [0.25, 0.3) is 0 Å². The van der Waals surface area contributed by atoms with Crippen LogP contribution in [0.4, 0.5) is 5.82 Å². The van der Waals surface area contributed by atoms with Crippen molar-refractivity contribution in [1.82, 2.24) is 15.6 Å². The molecule has 1 aromatic rings. The van der Waals surface area contributed by atoms with Crippen molar-refractivity contribution in [2.75, 3.05) is 37.0 Å². The fourth-order valence-electron chi connectivity index (χ4n) is 1.93. The molecule has 0 unspecified atom stereocenters. The first-order valence-corrected chi connectivity index (χ1v) is 9.78. The Kier molecular flexibility index (Phi) is 10.7. The molecule has 0 saturated heterocycles. The Balaban J connectivity index is 2.29. The second-order valence-electron chi connectivity index (χ2n) is 5.41. The van der Waals surface area contributed by atoms with Crippen LogP contribution in [-0.4, -0.2) is 48.5 Å². The van der Waals surface area contributed by atoms with Gasteiger partial charge in [-0.1, -0.05) is 6.07 Å². The summed E-state index contributed by atoms with van der Waals surface area (Å²) in [4.78, 5) is 20.6. The van der Waals surface area contributed by atoms with E-state index in [1.165, 1.54) is 12.2 Å². The van der Waals surface area contributed by atoms with Crippen molar-refractivity contribution in [3.05, 3.63) is 23.9 Å². The van der Waals surface area contributed by atoms with E-state index in [1.807, 2.05) is 31.7 Å². The number of aromatic nitrogens is 1. The van der Waals surface area contributed by atoms with Crippen molar-refractivity contribution >= 4 is 29.4 Å². The summed E-state index contributed by atoms with van der Waals surface area (Å²) in [6.45, 7) is 6.13. The van der Waals surface area contributed by atoms with E-state index in [-0.39, 0.29) is 5.91 Å². The summed E-state index contributed by atoms with van der Waals surface area (Å²) in [6, 6.07) is 3.73. The summed E-state index contributed by atoms with van der Waals surface area (Å²) in [5.74, 6) is 2.46. The van der Waals surface area contributed by atoms with E-state index >= 15 is 0 Å². The quantitative estimate of drug-likeness (QED) is 0.343. The zero-order chi connectivity index (χ0) is 17.6. The molecule has 0 atom stereocenters. The van der Waals surface area contributed by atoms with Crippen molar-refractivity contribution in [3.63, 3.8) is 0 Å². The van der Waals surface area contributed by atoms with Crippen LogP contribution < -0.4 is 16.0 Å². The first-order valence-electron chi connectivity index (χ1n) is 8.39. The molecule has 7 heteroatoms. The van der Waals surface area contributed by atoms with Crippen LogP contribution in [0.15, 0.2) is 23.3 Å². The number of aryl methyl sites for hydroxylation is 1. The molecule has 0 radical (unpaired) electrons. The Morgan fingerprint density at radius 2 is 2.12 bits per heavy atom. The summed E-state index contributed by atoms with van der Waals surface area (Å²) < 4.78 is 0. The van der Waals surface area contributed by atoms with Gasteiger partial charge in [0, 0.05) is 32.3 Å². The Labute approximate surface area is 149 Å². The largest absolute Gasteiger partial charge is 0.357 e. The molecule has 0 fully saturated rings. The number of thioether (sulfide) groups is 1. The number of carbonyl (C=O) groups excluding carboxylic acids is 1. The molecule has 3 N–H and O–H groups in total. The summed E-state index contributed by atoms with van der Waals surface area (Å²) in [5.41, 5.74) is 1.07. The average Bonchev–Trinajstić information content (AvgIpc) is 2.56. The van der Waals surface area contributed by atoms with Crippen molar-refractivity contribution in [3.8, 4) is 0 Å². The van der Waals surface area contributed by atoms with E-state index in [0.717, 1.165) is 31.0 Å². The van der Waals surface area contributed by atoms with E-state index in [4.69, 9.17) is 0 Å². The van der Waals surface area contributed by atoms with Gasteiger partial charge >= 0.3 is 0 Å². The standard InChI is InChI=1S/C17H29N5OS/c1-4-18-17(19-10-5-6-12-24-3)20-11-9-16(23)22-15-8-7-14(2)13-21-15/h7-8,13H,4-6,9-12H2,1-3H3,(H2,18,19,20)(H,21,22,23). The third-order valence-corrected chi connectivity index (χ3v) is 3.89. The van der Waals surface area contributed by atoms with Crippen LogP contribution in [0.2, 0.25) is 0 Å². The van der Waals surface area contributed by atoms with Gasteiger partial charge in [-0.05, 0) is 50.3 Å². The Bertz CT molecular complexity index is 504. The van der Waals surface area contributed by atoms with E-state index in [9.17, 15) is 4.79 Å². The summed E-state index contributed by atoms with van der Waals surface area (Å²) in [5, 5.41) is 9.17. The summed E-state index contributed by atoms with van der Waals surface area (Å²) >= 11 is 1.86. The van der Waals surface area contributed by atoms with Crippen LogP contribution in [-0.2, 0) is 4.79 Å². The summed E-state index contributed by atoms with van der Waals surface area (Å²) in [7, 11) is 0. The number of carbonyl (C=O) groups is 1. The van der Waals surface area contributed by atoms with E-state index < -0.39 is 0 Å². The lowest BCUT2D eigenvalue weighted by Crippen LogP contribution is -2.38. The minimum Gasteiger partial charge on any atom is -0.357 e. The molecule has 24 heavy (non-hydrogen) atoms. The van der Waals surface area contributed by atoms with Gasteiger partial charge in [0.1, 0.15) is 5.82 Å². The lowest BCUT2D eigenvalue weighted by atomic mass is 10.3. The Morgan fingerprint density at radius 1 is 1.29 bits per heavy atom. The summed E-state index contributed by atoms with van der Waals surface area (Å²) in [6.07, 6.45) is 6.48. The maximum Gasteiger partial charge on any atom is 0.227 e. The third-order valence-electron chi connectivity index (χ3n) is 3.19. The van der Waals surface area contributed by atoms with Crippen LogP contribution in [0.25, 0.3) is 0 Å². The number of nitrogens with zero attached hydrogens (tertiary/aromatic N) is 2. The van der Waals surface area contributed by atoms with Gasteiger partial charge in [-0.3, -0.25) is 9.79 Å². The van der Waals surface area contributed by atoms with Gasteiger partial charge in [-0.2, -0.15) is 11.8 Å². The van der Waals surface area contributed by atoms with Crippen molar-refractivity contribution < 1.29 is 4.79 Å². The number of hydrogen-bond donors (Lipinski definition) is 3. The smallest absolute Gasteiger partial charge is 0.227 e. The number of amides is 1. The normalized spacial score (nSPS) is 11.2. The van der Waals surface area contributed by atoms with Crippen LogP contribution in [0.5, 0.6) is 0 Å². The molecule has 0 spiro atoms. The fraction of sp³-hybridized carbons (Fsp3) is 0.588. The van der Waals surface area contributed by atoms with Crippen LogP contribution in [0.1, 0.15) is 31.7 Å². The number of aliphatic imine (C=N–C) groups is 1. The number of nitrogens with one attached hydrogen (secondary N) is 3. The lowest BCUT2D eigenvalue weighted by Gasteiger charge is -2.11. The van der Waals surface area contributed by atoms with Crippen molar-refractivity contribution in [1.29, 1.82) is 0 Å².